The summed E-state index contributed by atoms with van der Waals surface area (Å²) in [7, 11) is 2.85. The number of ether oxygens (including phenoxy) is 3. The number of rotatable bonds is 5. The highest BCUT2D eigenvalue weighted by Crippen LogP contribution is 2.23. The summed E-state index contributed by atoms with van der Waals surface area (Å²) in [5, 5.41) is 0. The molecule has 98 valence electrons. The second-order valence-corrected chi connectivity index (χ2v) is 3.67. The third-order valence-corrected chi connectivity index (χ3v) is 2.38. The average molecular weight is 252 g/mol. The molecule has 0 amide bonds. The summed E-state index contributed by atoms with van der Waals surface area (Å²) in [5.41, 5.74) is 0.818. The van der Waals surface area contributed by atoms with Crippen molar-refractivity contribution in [3.8, 4) is 5.75 Å². The number of carbonyl (C=O) groups excluding carboxylic acids is 2. The standard InChI is InChI=1S/C13H16O5/c1-9(14)18-11-6-4-10(5-7-11)12(16-2)8-13(15)17-3/h4-7,12H,8H2,1-3H3. The van der Waals surface area contributed by atoms with Crippen LogP contribution in [0.2, 0.25) is 0 Å². The maximum Gasteiger partial charge on any atom is 0.308 e. The average Bonchev–Trinajstić information content (AvgIpc) is 2.36. The molecule has 5 heteroatoms. The van der Waals surface area contributed by atoms with Crippen LogP contribution in [0.15, 0.2) is 24.3 Å². The van der Waals surface area contributed by atoms with Crippen molar-refractivity contribution in [2.75, 3.05) is 14.2 Å². The lowest BCUT2D eigenvalue weighted by Crippen LogP contribution is -2.10. The van der Waals surface area contributed by atoms with Crippen molar-refractivity contribution < 1.29 is 23.8 Å². The van der Waals surface area contributed by atoms with E-state index in [9.17, 15) is 9.59 Å². The van der Waals surface area contributed by atoms with Crippen LogP contribution in [0.1, 0.15) is 25.0 Å². The largest absolute Gasteiger partial charge is 0.469 e. The fourth-order valence-electron chi connectivity index (χ4n) is 1.49. The number of carbonyl (C=O) groups is 2. The summed E-state index contributed by atoms with van der Waals surface area (Å²) < 4.78 is 14.7. The van der Waals surface area contributed by atoms with E-state index in [0.717, 1.165) is 5.56 Å². The van der Waals surface area contributed by atoms with Crippen LogP contribution in [0.3, 0.4) is 0 Å². The van der Waals surface area contributed by atoms with Crippen LogP contribution in [0.5, 0.6) is 5.75 Å². The molecule has 0 saturated heterocycles. The van der Waals surface area contributed by atoms with Crippen molar-refractivity contribution in [2.24, 2.45) is 0 Å². The van der Waals surface area contributed by atoms with Gasteiger partial charge < -0.3 is 14.2 Å². The summed E-state index contributed by atoms with van der Waals surface area (Å²) in [6.45, 7) is 1.34. The van der Waals surface area contributed by atoms with Gasteiger partial charge in [-0.15, -0.1) is 0 Å². The van der Waals surface area contributed by atoms with Gasteiger partial charge in [-0.3, -0.25) is 9.59 Å². The van der Waals surface area contributed by atoms with Crippen LogP contribution in [0.25, 0.3) is 0 Å². The fraction of sp³-hybridized carbons (Fsp3) is 0.385. The van der Waals surface area contributed by atoms with E-state index in [1.165, 1.54) is 21.1 Å². The lowest BCUT2D eigenvalue weighted by molar-refractivity contribution is -0.143. The molecule has 0 aliphatic carbocycles. The molecule has 0 saturated carbocycles. The molecule has 5 nitrogen and oxygen atoms in total. The van der Waals surface area contributed by atoms with E-state index in [-0.39, 0.29) is 24.5 Å². The second-order valence-electron chi connectivity index (χ2n) is 3.67. The Morgan fingerprint density at radius 3 is 2.22 bits per heavy atom. The first kappa shape index (κ1) is 14.2. The lowest BCUT2D eigenvalue weighted by atomic mass is 10.1. The third-order valence-electron chi connectivity index (χ3n) is 2.38. The van der Waals surface area contributed by atoms with Crippen molar-refractivity contribution in [2.45, 2.75) is 19.4 Å². The molecule has 1 unspecified atom stereocenters. The Labute approximate surface area is 106 Å². The Morgan fingerprint density at radius 2 is 1.78 bits per heavy atom. The van der Waals surface area contributed by atoms with Gasteiger partial charge in [-0.1, -0.05) is 12.1 Å². The molecule has 0 aliphatic heterocycles. The minimum absolute atomic E-state index is 0.139. The Morgan fingerprint density at radius 1 is 1.17 bits per heavy atom. The van der Waals surface area contributed by atoms with Crippen LogP contribution in [-0.4, -0.2) is 26.2 Å². The zero-order valence-electron chi connectivity index (χ0n) is 10.6. The first-order chi connectivity index (χ1) is 8.56. The Kier molecular flexibility index (Phi) is 5.32. The van der Waals surface area contributed by atoms with Gasteiger partial charge in [-0.05, 0) is 17.7 Å². The molecule has 1 aromatic rings. The Balaban J connectivity index is 2.75. The number of methoxy groups -OCH3 is 2. The van der Waals surface area contributed by atoms with E-state index in [1.807, 2.05) is 0 Å². The van der Waals surface area contributed by atoms with Gasteiger partial charge in [-0.2, -0.15) is 0 Å². The zero-order chi connectivity index (χ0) is 13.5. The molecule has 0 heterocycles. The van der Waals surface area contributed by atoms with Gasteiger partial charge in [0, 0.05) is 14.0 Å². The van der Waals surface area contributed by atoms with Crippen molar-refractivity contribution in [3.63, 3.8) is 0 Å². The quantitative estimate of drug-likeness (QED) is 0.591. The number of hydrogen-bond acceptors (Lipinski definition) is 5. The molecule has 0 bridgehead atoms. The van der Waals surface area contributed by atoms with Crippen LogP contribution < -0.4 is 4.74 Å². The summed E-state index contributed by atoms with van der Waals surface area (Å²) >= 11 is 0. The summed E-state index contributed by atoms with van der Waals surface area (Å²) in [6, 6.07) is 6.80. The van der Waals surface area contributed by atoms with Crippen LogP contribution in [0.4, 0.5) is 0 Å². The van der Waals surface area contributed by atoms with Gasteiger partial charge in [0.2, 0.25) is 0 Å². The van der Waals surface area contributed by atoms with E-state index >= 15 is 0 Å². The normalized spacial score (nSPS) is 11.7. The zero-order valence-corrected chi connectivity index (χ0v) is 10.6. The van der Waals surface area contributed by atoms with E-state index in [1.54, 1.807) is 24.3 Å². The number of esters is 2. The summed E-state index contributed by atoms with van der Waals surface area (Å²) in [6.07, 6.45) is -0.233. The number of benzene rings is 1. The molecule has 0 radical (unpaired) electrons. The van der Waals surface area contributed by atoms with Gasteiger partial charge in [0.05, 0.1) is 19.6 Å². The monoisotopic (exact) mass is 252 g/mol. The van der Waals surface area contributed by atoms with Gasteiger partial charge in [0.15, 0.2) is 0 Å². The molecular formula is C13H16O5. The van der Waals surface area contributed by atoms with Crippen molar-refractivity contribution in [3.05, 3.63) is 29.8 Å². The predicted molar refractivity (Wildman–Crippen MR) is 64.1 cm³/mol. The maximum absolute atomic E-state index is 11.2. The van der Waals surface area contributed by atoms with Gasteiger partial charge >= 0.3 is 11.9 Å². The van der Waals surface area contributed by atoms with E-state index in [2.05, 4.69) is 4.74 Å². The lowest BCUT2D eigenvalue weighted by Gasteiger charge is -2.14. The fourth-order valence-corrected chi connectivity index (χ4v) is 1.49. The third kappa shape index (κ3) is 4.18. The molecule has 0 N–H and O–H groups in total. The van der Waals surface area contributed by atoms with Gasteiger partial charge in [0.25, 0.3) is 0 Å². The van der Waals surface area contributed by atoms with Crippen LogP contribution in [-0.2, 0) is 19.1 Å². The van der Waals surface area contributed by atoms with Crippen LogP contribution in [0, 0.1) is 0 Å². The molecule has 0 spiro atoms. The molecule has 0 aliphatic rings. The molecule has 1 aromatic carbocycles. The molecule has 0 fully saturated rings. The maximum atomic E-state index is 11.2. The van der Waals surface area contributed by atoms with Crippen molar-refractivity contribution >= 4 is 11.9 Å². The summed E-state index contributed by atoms with van der Waals surface area (Å²) in [4.78, 5) is 22.0. The molecular weight excluding hydrogens is 236 g/mol. The second kappa shape index (κ2) is 6.76. The van der Waals surface area contributed by atoms with E-state index < -0.39 is 0 Å². The Bertz CT molecular complexity index is 410. The highest BCUT2D eigenvalue weighted by Gasteiger charge is 2.15. The topological polar surface area (TPSA) is 61.8 Å². The van der Waals surface area contributed by atoms with Crippen molar-refractivity contribution in [1.29, 1.82) is 0 Å². The van der Waals surface area contributed by atoms with Crippen molar-refractivity contribution in [1.82, 2.24) is 0 Å². The summed E-state index contributed by atoms with van der Waals surface area (Å²) in [5.74, 6) is -0.259. The Hall–Kier alpha value is -1.88. The van der Waals surface area contributed by atoms with E-state index in [0.29, 0.717) is 5.75 Å². The first-order valence-electron chi connectivity index (χ1n) is 5.44. The molecule has 18 heavy (non-hydrogen) atoms. The molecule has 0 aromatic heterocycles. The first-order valence-corrected chi connectivity index (χ1v) is 5.44. The molecule has 1 atom stereocenters. The van der Waals surface area contributed by atoms with Gasteiger partial charge in [-0.25, -0.2) is 0 Å². The molecule has 1 rings (SSSR count). The number of hydrogen-bond donors (Lipinski definition) is 0. The van der Waals surface area contributed by atoms with E-state index in [4.69, 9.17) is 9.47 Å². The minimum atomic E-state index is -0.374. The van der Waals surface area contributed by atoms with Gasteiger partial charge in [0.1, 0.15) is 5.75 Å². The predicted octanol–water partition coefficient (Wildman–Crippen LogP) is 1.86. The highest BCUT2D eigenvalue weighted by atomic mass is 16.5. The van der Waals surface area contributed by atoms with Crippen LogP contribution >= 0.6 is 0 Å². The smallest absolute Gasteiger partial charge is 0.308 e. The minimum Gasteiger partial charge on any atom is -0.469 e. The highest BCUT2D eigenvalue weighted by molar-refractivity contribution is 5.70. The SMILES string of the molecule is COC(=O)CC(OC)c1ccc(OC(C)=O)cc1.